The van der Waals surface area contributed by atoms with Gasteiger partial charge in [0.1, 0.15) is 6.04 Å². The molecule has 1 aromatic rings. The Balaban J connectivity index is 0.00000208. The van der Waals surface area contributed by atoms with Crippen LogP contribution in [0.2, 0.25) is 0 Å². The fourth-order valence-electron chi connectivity index (χ4n) is 3.34. The van der Waals surface area contributed by atoms with E-state index in [9.17, 15) is 9.59 Å². The van der Waals surface area contributed by atoms with Crippen molar-refractivity contribution in [2.45, 2.75) is 51.1 Å². The number of benzene rings is 1. The van der Waals surface area contributed by atoms with Crippen LogP contribution in [0.25, 0.3) is 0 Å². The van der Waals surface area contributed by atoms with Crippen LogP contribution >= 0.6 is 12.4 Å². The molecule has 5 nitrogen and oxygen atoms in total. The van der Waals surface area contributed by atoms with Crippen LogP contribution in [0.15, 0.2) is 24.3 Å². The minimum absolute atomic E-state index is 0. The number of anilines is 1. The van der Waals surface area contributed by atoms with Gasteiger partial charge >= 0.3 is 0 Å². The van der Waals surface area contributed by atoms with Gasteiger partial charge in [-0.05, 0) is 51.3 Å². The largest absolute Gasteiger partial charge is 0.343 e. The Hall–Kier alpha value is -1.59. The van der Waals surface area contributed by atoms with Crippen LogP contribution in [-0.2, 0) is 9.59 Å². The summed E-state index contributed by atoms with van der Waals surface area (Å²) in [6.07, 6.45) is 4.67. The van der Waals surface area contributed by atoms with Crippen LogP contribution in [0.5, 0.6) is 0 Å². The lowest BCUT2D eigenvalue weighted by Gasteiger charge is -2.34. The molecule has 6 heteroatoms. The molecule has 2 amide bonds. The molecule has 0 aromatic heterocycles. The molecular formula is C18H26ClN3O2. The first-order valence-corrected chi connectivity index (χ1v) is 8.57. The Morgan fingerprint density at radius 2 is 1.92 bits per heavy atom. The lowest BCUT2D eigenvalue weighted by atomic mass is 10.0. The number of hydrogen-bond acceptors (Lipinski definition) is 3. The molecule has 2 heterocycles. The van der Waals surface area contributed by atoms with Crippen molar-refractivity contribution in [2.24, 2.45) is 0 Å². The number of halogens is 1. The van der Waals surface area contributed by atoms with E-state index in [1.54, 1.807) is 4.90 Å². The highest BCUT2D eigenvalue weighted by Gasteiger charge is 2.32. The number of carbonyl (C=O) groups excluding carboxylic acids is 2. The molecule has 1 aromatic carbocycles. The van der Waals surface area contributed by atoms with Crippen LogP contribution < -0.4 is 15.5 Å². The molecule has 2 atom stereocenters. The highest BCUT2D eigenvalue weighted by Crippen LogP contribution is 2.22. The van der Waals surface area contributed by atoms with Gasteiger partial charge in [0, 0.05) is 12.2 Å². The highest BCUT2D eigenvalue weighted by molar-refractivity contribution is 6.00. The second-order valence-corrected chi connectivity index (χ2v) is 6.53. The zero-order chi connectivity index (χ0) is 16.2. The van der Waals surface area contributed by atoms with E-state index in [1.807, 2.05) is 31.2 Å². The number of amides is 2. The van der Waals surface area contributed by atoms with Gasteiger partial charge in [0.15, 0.2) is 0 Å². The number of hydrogen-bond donors (Lipinski definition) is 2. The van der Waals surface area contributed by atoms with Crippen molar-refractivity contribution < 1.29 is 9.59 Å². The van der Waals surface area contributed by atoms with Crippen molar-refractivity contribution in [3.8, 4) is 0 Å². The van der Waals surface area contributed by atoms with Crippen molar-refractivity contribution >= 4 is 29.9 Å². The normalized spacial score (nSPS) is 24.2. The van der Waals surface area contributed by atoms with E-state index in [0.29, 0.717) is 0 Å². The third-order valence-corrected chi connectivity index (χ3v) is 4.73. The topological polar surface area (TPSA) is 61.4 Å². The van der Waals surface area contributed by atoms with Gasteiger partial charge in [0.25, 0.3) is 0 Å². The number of nitrogens with zero attached hydrogens (tertiary/aromatic N) is 1. The average molecular weight is 352 g/mol. The van der Waals surface area contributed by atoms with Crippen molar-refractivity contribution in [2.75, 3.05) is 18.0 Å². The zero-order valence-corrected chi connectivity index (χ0v) is 14.9. The maximum Gasteiger partial charge on any atom is 0.249 e. The second kappa shape index (κ2) is 8.49. The Labute approximate surface area is 149 Å². The predicted molar refractivity (Wildman–Crippen MR) is 97.6 cm³/mol. The number of aryl methyl sites for hydroxylation is 1. The minimum Gasteiger partial charge on any atom is -0.343 e. The molecule has 0 spiro atoms. The molecule has 0 aliphatic carbocycles. The summed E-state index contributed by atoms with van der Waals surface area (Å²) in [5.41, 5.74) is 2.08. The number of piperidine rings is 2. The molecule has 2 N–H and O–H groups in total. The maximum atomic E-state index is 12.7. The number of rotatable bonds is 3. The third-order valence-electron chi connectivity index (χ3n) is 4.73. The summed E-state index contributed by atoms with van der Waals surface area (Å²) in [5, 5.41) is 6.19. The summed E-state index contributed by atoms with van der Waals surface area (Å²) in [6.45, 7) is 3.63. The molecule has 3 rings (SSSR count). The first-order chi connectivity index (χ1) is 11.1. The maximum absolute atomic E-state index is 12.7. The second-order valence-electron chi connectivity index (χ2n) is 6.53. The smallest absolute Gasteiger partial charge is 0.249 e. The Morgan fingerprint density at radius 1 is 1.17 bits per heavy atom. The Kier molecular flexibility index (Phi) is 6.63. The molecule has 2 aliphatic rings. The van der Waals surface area contributed by atoms with E-state index in [4.69, 9.17) is 0 Å². The van der Waals surface area contributed by atoms with Crippen LogP contribution in [0.3, 0.4) is 0 Å². The number of nitrogens with one attached hydrogen (secondary N) is 2. The predicted octanol–water partition coefficient (Wildman–Crippen LogP) is 2.17. The van der Waals surface area contributed by atoms with E-state index in [2.05, 4.69) is 10.6 Å². The molecule has 2 saturated heterocycles. The molecule has 0 saturated carbocycles. The summed E-state index contributed by atoms with van der Waals surface area (Å²) in [5.74, 6) is -0.0296. The lowest BCUT2D eigenvalue weighted by molar-refractivity contribution is -0.129. The molecular weight excluding hydrogens is 326 g/mol. The van der Waals surface area contributed by atoms with E-state index in [0.717, 1.165) is 50.9 Å². The standard InChI is InChI=1S/C18H25N3O2.ClH/c1-13-7-9-14(10-8-13)21-12-4-6-16(18(21)23)20-17(22)15-5-2-3-11-19-15;/h7-10,15-16,19H,2-6,11-12H2,1H3,(H,20,22);1H. The van der Waals surface area contributed by atoms with E-state index in [1.165, 1.54) is 5.56 Å². The quantitative estimate of drug-likeness (QED) is 0.877. The van der Waals surface area contributed by atoms with Gasteiger partial charge in [-0.1, -0.05) is 24.1 Å². The van der Waals surface area contributed by atoms with Gasteiger partial charge < -0.3 is 15.5 Å². The van der Waals surface area contributed by atoms with Gasteiger partial charge in [0.2, 0.25) is 11.8 Å². The third kappa shape index (κ3) is 4.28. The van der Waals surface area contributed by atoms with Gasteiger partial charge in [-0.2, -0.15) is 0 Å². The zero-order valence-electron chi connectivity index (χ0n) is 14.1. The van der Waals surface area contributed by atoms with Crippen LogP contribution in [-0.4, -0.2) is 37.0 Å². The fraction of sp³-hybridized carbons (Fsp3) is 0.556. The summed E-state index contributed by atoms with van der Waals surface area (Å²) < 4.78 is 0. The van der Waals surface area contributed by atoms with Gasteiger partial charge in [-0.3, -0.25) is 9.59 Å². The van der Waals surface area contributed by atoms with Gasteiger partial charge in [0.05, 0.1) is 6.04 Å². The van der Waals surface area contributed by atoms with Crippen molar-refractivity contribution in [1.82, 2.24) is 10.6 Å². The monoisotopic (exact) mass is 351 g/mol. The molecule has 132 valence electrons. The van der Waals surface area contributed by atoms with Crippen molar-refractivity contribution in [3.63, 3.8) is 0 Å². The fourth-order valence-corrected chi connectivity index (χ4v) is 3.34. The van der Waals surface area contributed by atoms with E-state index in [-0.39, 0.29) is 30.3 Å². The van der Waals surface area contributed by atoms with Crippen LogP contribution in [0, 0.1) is 6.92 Å². The highest BCUT2D eigenvalue weighted by atomic mass is 35.5. The molecule has 2 aliphatic heterocycles. The van der Waals surface area contributed by atoms with E-state index >= 15 is 0 Å². The molecule has 0 radical (unpaired) electrons. The summed E-state index contributed by atoms with van der Waals surface area (Å²) in [7, 11) is 0. The number of carbonyl (C=O) groups is 2. The molecule has 2 fully saturated rings. The van der Waals surface area contributed by atoms with Crippen LogP contribution in [0.1, 0.15) is 37.7 Å². The first-order valence-electron chi connectivity index (χ1n) is 8.57. The average Bonchev–Trinajstić information content (AvgIpc) is 2.58. The van der Waals surface area contributed by atoms with Crippen molar-refractivity contribution in [1.29, 1.82) is 0 Å². The van der Waals surface area contributed by atoms with Gasteiger partial charge in [-0.25, -0.2) is 0 Å². The minimum atomic E-state index is -0.402. The lowest BCUT2D eigenvalue weighted by Crippen LogP contribution is -2.56. The SMILES string of the molecule is Cc1ccc(N2CCCC(NC(=O)C3CCCCN3)C2=O)cc1.Cl. The molecule has 2 unspecified atom stereocenters. The summed E-state index contributed by atoms with van der Waals surface area (Å²) in [4.78, 5) is 26.9. The first kappa shape index (κ1) is 18.7. The Morgan fingerprint density at radius 3 is 2.58 bits per heavy atom. The molecule has 0 bridgehead atoms. The van der Waals surface area contributed by atoms with Crippen molar-refractivity contribution in [3.05, 3.63) is 29.8 Å². The summed E-state index contributed by atoms with van der Waals surface area (Å²) in [6, 6.07) is 7.42. The summed E-state index contributed by atoms with van der Waals surface area (Å²) >= 11 is 0. The molecule has 24 heavy (non-hydrogen) atoms. The van der Waals surface area contributed by atoms with Crippen LogP contribution in [0.4, 0.5) is 5.69 Å². The van der Waals surface area contributed by atoms with E-state index < -0.39 is 6.04 Å². The Bertz CT molecular complexity index is 570. The van der Waals surface area contributed by atoms with Gasteiger partial charge in [-0.15, -0.1) is 12.4 Å².